The highest BCUT2D eigenvalue weighted by molar-refractivity contribution is 6.32. The lowest BCUT2D eigenvalue weighted by Crippen LogP contribution is -2.41. The minimum Gasteiger partial charge on any atom is -0.489 e. The molecule has 21 heavy (non-hydrogen) atoms. The van der Waals surface area contributed by atoms with E-state index in [-0.39, 0.29) is 12.0 Å². The summed E-state index contributed by atoms with van der Waals surface area (Å²) in [5.74, 6) is -0.108. The number of hydrogen-bond donors (Lipinski definition) is 2. The second-order valence-corrected chi connectivity index (χ2v) is 5.92. The first kappa shape index (κ1) is 17.8. The second-order valence-electron chi connectivity index (χ2n) is 5.51. The van der Waals surface area contributed by atoms with Crippen molar-refractivity contribution in [1.82, 2.24) is 5.32 Å². The normalized spacial score (nSPS) is 14.0. The lowest BCUT2D eigenvalue weighted by Gasteiger charge is -2.20. The Kier molecular flexibility index (Phi) is 6.99. The number of nitrogens with one attached hydrogen (secondary N) is 1. The molecule has 118 valence electrons. The van der Waals surface area contributed by atoms with Gasteiger partial charge in [-0.2, -0.15) is 0 Å². The van der Waals surface area contributed by atoms with Gasteiger partial charge in [0, 0.05) is 6.54 Å². The largest absolute Gasteiger partial charge is 0.489 e. The Morgan fingerprint density at radius 3 is 2.52 bits per heavy atom. The van der Waals surface area contributed by atoms with E-state index in [1.54, 1.807) is 0 Å². The molecule has 0 aliphatic rings. The molecule has 4 nitrogen and oxygen atoms in total. The Hall–Kier alpha value is -1.26. The van der Waals surface area contributed by atoms with Gasteiger partial charge in [-0.05, 0) is 37.5 Å². The van der Waals surface area contributed by atoms with Crippen LogP contribution in [0.4, 0.5) is 0 Å². The SMILES string of the molecule is CC[C@H](C)[C@H](NCc1ccc(OC(C)C)c(Cl)c1)C(=O)O. The van der Waals surface area contributed by atoms with Gasteiger partial charge in [0.15, 0.2) is 0 Å². The van der Waals surface area contributed by atoms with Crippen molar-refractivity contribution in [3.05, 3.63) is 28.8 Å². The molecule has 1 rings (SSSR count). The van der Waals surface area contributed by atoms with Crippen LogP contribution in [0.25, 0.3) is 0 Å². The van der Waals surface area contributed by atoms with Gasteiger partial charge < -0.3 is 15.2 Å². The molecular formula is C16H24ClNO3. The smallest absolute Gasteiger partial charge is 0.320 e. The monoisotopic (exact) mass is 313 g/mol. The van der Waals surface area contributed by atoms with E-state index in [2.05, 4.69) is 5.32 Å². The molecule has 0 aromatic heterocycles. The highest BCUT2D eigenvalue weighted by Crippen LogP contribution is 2.26. The van der Waals surface area contributed by atoms with Gasteiger partial charge >= 0.3 is 5.97 Å². The van der Waals surface area contributed by atoms with Crippen molar-refractivity contribution < 1.29 is 14.6 Å². The molecule has 0 saturated heterocycles. The van der Waals surface area contributed by atoms with Crippen molar-refractivity contribution in [2.45, 2.75) is 52.8 Å². The molecule has 0 fully saturated rings. The molecule has 0 aliphatic carbocycles. The molecule has 0 heterocycles. The van der Waals surface area contributed by atoms with Crippen LogP contribution < -0.4 is 10.1 Å². The van der Waals surface area contributed by atoms with E-state index < -0.39 is 12.0 Å². The summed E-state index contributed by atoms with van der Waals surface area (Å²) in [6, 6.07) is 4.96. The summed E-state index contributed by atoms with van der Waals surface area (Å²) in [7, 11) is 0. The van der Waals surface area contributed by atoms with Crippen molar-refractivity contribution in [1.29, 1.82) is 0 Å². The molecule has 2 N–H and O–H groups in total. The summed E-state index contributed by atoms with van der Waals surface area (Å²) in [6.07, 6.45) is 0.875. The van der Waals surface area contributed by atoms with E-state index in [4.69, 9.17) is 16.3 Å². The third-order valence-corrected chi connectivity index (χ3v) is 3.66. The Bertz CT molecular complexity index is 477. The maximum absolute atomic E-state index is 11.3. The average molecular weight is 314 g/mol. The van der Waals surface area contributed by atoms with Crippen molar-refractivity contribution in [3.8, 4) is 5.75 Å². The molecule has 2 atom stereocenters. The van der Waals surface area contributed by atoms with E-state index in [1.807, 2.05) is 45.9 Å². The summed E-state index contributed by atoms with van der Waals surface area (Å²) in [4.78, 5) is 11.3. The zero-order chi connectivity index (χ0) is 16.0. The fraction of sp³-hybridized carbons (Fsp3) is 0.562. The summed E-state index contributed by atoms with van der Waals surface area (Å²) >= 11 is 6.17. The zero-order valence-corrected chi connectivity index (χ0v) is 13.8. The van der Waals surface area contributed by atoms with Crippen LogP contribution in [0.2, 0.25) is 5.02 Å². The first-order chi connectivity index (χ1) is 9.85. The molecule has 0 radical (unpaired) electrons. The number of carboxylic acids is 1. The molecule has 0 spiro atoms. The van der Waals surface area contributed by atoms with Gasteiger partial charge in [-0.25, -0.2) is 0 Å². The van der Waals surface area contributed by atoms with Crippen LogP contribution in [-0.4, -0.2) is 23.2 Å². The third kappa shape index (κ3) is 5.56. The number of carbonyl (C=O) groups is 1. The lowest BCUT2D eigenvalue weighted by atomic mass is 9.99. The van der Waals surface area contributed by atoms with Crippen LogP contribution in [0, 0.1) is 5.92 Å². The third-order valence-electron chi connectivity index (χ3n) is 3.36. The maximum atomic E-state index is 11.3. The number of aliphatic carboxylic acids is 1. The van der Waals surface area contributed by atoms with Crippen LogP contribution in [-0.2, 0) is 11.3 Å². The van der Waals surface area contributed by atoms with E-state index in [0.717, 1.165) is 12.0 Å². The summed E-state index contributed by atoms with van der Waals surface area (Å²) in [5.41, 5.74) is 0.936. The first-order valence-electron chi connectivity index (χ1n) is 7.26. The van der Waals surface area contributed by atoms with Crippen LogP contribution in [0.3, 0.4) is 0 Å². The first-order valence-corrected chi connectivity index (χ1v) is 7.64. The van der Waals surface area contributed by atoms with Gasteiger partial charge in [0.05, 0.1) is 11.1 Å². The quantitative estimate of drug-likeness (QED) is 0.768. The number of carboxylic acid groups (broad SMARTS) is 1. The maximum Gasteiger partial charge on any atom is 0.320 e. The molecular weight excluding hydrogens is 290 g/mol. The molecule has 0 unspecified atom stereocenters. The molecule has 0 amide bonds. The van der Waals surface area contributed by atoms with Crippen LogP contribution in [0.15, 0.2) is 18.2 Å². The molecule has 1 aromatic rings. The summed E-state index contributed by atoms with van der Waals surface area (Å²) < 4.78 is 5.57. The lowest BCUT2D eigenvalue weighted by molar-refractivity contribution is -0.140. The fourth-order valence-electron chi connectivity index (χ4n) is 2.00. The van der Waals surface area contributed by atoms with E-state index >= 15 is 0 Å². The van der Waals surface area contributed by atoms with Crippen LogP contribution in [0.5, 0.6) is 5.75 Å². The Labute approximate surface area is 131 Å². The number of hydrogen-bond acceptors (Lipinski definition) is 3. The standard InChI is InChI=1S/C16H24ClNO3/c1-5-11(4)15(16(19)20)18-9-12-6-7-14(13(17)8-12)21-10(2)3/h6-8,10-11,15,18H,5,9H2,1-4H3,(H,19,20)/t11-,15-/m0/s1. The van der Waals surface area contributed by atoms with Gasteiger partial charge in [0.2, 0.25) is 0 Å². The number of halogens is 1. The van der Waals surface area contributed by atoms with Gasteiger partial charge in [0.25, 0.3) is 0 Å². The van der Waals surface area contributed by atoms with Crippen LogP contribution >= 0.6 is 11.6 Å². The van der Waals surface area contributed by atoms with E-state index in [0.29, 0.717) is 17.3 Å². The number of rotatable bonds is 8. The topological polar surface area (TPSA) is 58.6 Å². The van der Waals surface area contributed by atoms with Crippen molar-refractivity contribution in [2.24, 2.45) is 5.92 Å². The highest BCUT2D eigenvalue weighted by atomic mass is 35.5. The fourth-order valence-corrected chi connectivity index (χ4v) is 2.25. The second kappa shape index (κ2) is 8.25. The Morgan fingerprint density at radius 1 is 1.38 bits per heavy atom. The Balaban J connectivity index is 2.71. The van der Waals surface area contributed by atoms with Gasteiger partial charge in [0.1, 0.15) is 11.8 Å². The minimum absolute atomic E-state index is 0.0632. The summed E-state index contributed by atoms with van der Waals surface area (Å²) in [6.45, 7) is 8.25. The van der Waals surface area contributed by atoms with Gasteiger partial charge in [-0.15, -0.1) is 0 Å². The van der Waals surface area contributed by atoms with Crippen LogP contribution in [0.1, 0.15) is 39.7 Å². The van der Waals surface area contributed by atoms with Crippen molar-refractivity contribution >= 4 is 17.6 Å². The molecule has 1 aromatic carbocycles. The molecule has 0 saturated carbocycles. The highest BCUT2D eigenvalue weighted by Gasteiger charge is 2.22. The zero-order valence-electron chi connectivity index (χ0n) is 13.0. The van der Waals surface area contributed by atoms with Gasteiger partial charge in [-0.3, -0.25) is 4.79 Å². The van der Waals surface area contributed by atoms with Gasteiger partial charge in [-0.1, -0.05) is 37.9 Å². The number of benzene rings is 1. The van der Waals surface area contributed by atoms with E-state index in [9.17, 15) is 9.90 Å². The molecule has 0 bridgehead atoms. The summed E-state index contributed by atoms with van der Waals surface area (Å²) in [5, 5.41) is 12.9. The molecule has 5 heteroatoms. The van der Waals surface area contributed by atoms with E-state index in [1.165, 1.54) is 0 Å². The minimum atomic E-state index is -0.824. The van der Waals surface area contributed by atoms with Crippen molar-refractivity contribution in [3.63, 3.8) is 0 Å². The van der Waals surface area contributed by atoms with Crippen molar-refractivity contribution in [2.75, 3.05) is 0 Å². The number of ether oxygens (including phenoxy) is 1. The predicted octanol–water partition coefficient (Wildman–Crippen LogP) is 3.72. The Morgan fingerprint density at radius 2 is 2.05 bits per heavy atom. The average Bonchev–Trinajstić information content (AvgIpc) is 2.40. The predicted molar refractivity (Wildman–Crippen MR) is 84.9 cm³/mol. The molecule has 0 aliphatic heterocycles.